The van der Waals surface area contributed by atoms with Crippen molar-refractivity contribution in [3.05, 3.63) is 84.7 Å². The normalized spacial score (nSPS) is 16.0. The molecule has 0 unspecified atom stereocenters. The van der Waals surface area contributed by atoms with E-state index in [1.807, 2.05) is 77.7 Å². The second-order valence-electron chi connectivity index (χ2n) is 7.85. The van der Waals surface area contributed by atoms with Crippen molar-refractivity contribution in [2.24, 2.45) is 0 Å². The van der Waals surface area contributed by atoms with Gasteiger partial charge >= 0.3 is 0 Å². The van der Waals surface area contributed by atoms with E-state index in [-0.39, 0.29) is 11.8 Å². The number of para-hydroxylation sites is 5. The highest BCUT2D eigenvalue weighted by Crippen LogP contribution is 2.37. The first-order chi connectivity index (χ1) is 15.7. The lowest BCUT2D eigenvalue weighted by molar-refractivity contribution is -0.117. The third-order valence-electron chi connectivity index (χ3n) is 5.88. The minimum Gasteiger partial charge on any atom is -0.495 e. The molecule has 5 rings (SSSR count). The van der Waals surface area contributed by atoms with Crippen molar-refractivity contribution in [2.75, 3.05) is 25.2 Å². The number of imidazole rings is 1. The van der Waals surface area contributed by atoms with Crippen LogP contribution in [-0.2, 0) is 11.3 Å². The maximum absolute atomic E-state index is 13.0. The average Bonchev–Trinajstić information content (AvgIpc) is 3.40. The summed E-state index contributed by atoms with van der Waals surface area (Å²) in [6.07, 6.45) is 0.418. The molecule has 2 heterocycles. The van der Waals surface area contributed by atoms with Crippen molar-refractivity contribution in [3.63, 3.8) is 0 Å². The number of methoxy groups -OCH3 is 1. The van der Waals surface area contributed by atoms with E-state index in [1.54, 1.807) is 7.11 Å². The van der Waals surface area contributed by atoms with Gasteiger partial charge in [0, 0.05) is 18.9 Å². The standard InChI is InChI=1S/C26H25N3O3/c1-31-24-14-8-7-13-23(24)29-18-19(17-25(29)30)26-27-21-11-5-6-12-22(21)28(26)15-16-32-20-9-3-2-4-10-20/h2-14,19H,15-18H2,1H3/t19-/m1/s1. The number of aromatic nitrogens is 2. The zero-order valence-electron chi connectivity index (χ0n) is 18.0. The summed E-state index contributed by atoms with van der Waals surface area (Å²) in [7, 11) is 1.63. The Kier molecular flexibility index (Phi) is 5.50. The summed E-state index contributed by atoms with van der Waals surface area (Å²) in [5.74, 6) is 2.55. The molecule has 1 saturated heterocycles. The van der Waals surface area contributed by atoms with E-state index >= 15 is 0 Å². The molecule has 4 aromatic rings. The van der Waals surface area contributed by atoms with E-state index in [4.69, 9.17) is 14.5 Å². The predicted octanol–water partition coefficient (Wildman–Crippen LogP) is 4.64. The number of hydrogen-bond acceptors (Lipinski definition) is 4. The number of amides is 1. The molecule has 1 atom stereocenters. The summed E-state index contributed by atoms with van der Waals surface area (Å²) < 4.78 is 13.6. The first-order valence-corrected chi connectivity index (χ1v) is 10.8. The van der Waals surface area contributed by atoms with Crippen LogP contribution in [0.4, 0.5) is 5.69 Å². The zero-order valence-corrected chi connectivity index (χ0v) is 18.0. The lowest BCUT2D eigenvalue weighted by atomic mass is 10.1. The third kappa shape index (κ3) is 3.80. The number of carbonyl (C=O) groups excluding carboxylic acids is 1. The molecule has 6 heteroatoms. The van der Waals surface area contributed by atoms with Gasteiger partial charge in [0.1, 0.15) is 23.9 Å². The quantitative estimate of drug-likeness (QED) is 0.431. The Bertz CT molecular complexity index is 1240. The van der Waals surface area contributed by atoms with Gasteiger partial charge in [-0.2, -0.15) is 0 Å². The number of benzene rings is 3. The molecule has 3 aromatic carbocycles. The van der Waals surface area contributed by atoms with E-state index in [0.717, 1.165) is 28.3 Å². The van der Waals surface area contributed by atoms with Crippen LogP contribution in [0.5, 0.6) is 11.5 Å². The molecule has 0 N–H and O–H groups in total. The minimum absolute atomic E-state index is 0.00321. The Balaban J connectivity index is 1.42. The van der Waals surface area contributed by atoms with Gasteiger partial charge in [0.05, 0.1) is 30.4 Å². The maximum Gasteiger partial charge on any atom is 0.227 e. The summed E-state index contributed by atoms with van der Waals surface area (Å²) in [6, 6.07) is 25.5. The molecule has 0 spiro atoms. The number of fused-ring (bicyclic) bond motifs is 1. The summed E-state index contributed by atoms with van der Waals surface area (Å²) in [6.45, 7) is 1.75. The first kappa shape index (κ1) is 20.1. The highest BCUT2D eigenvalue weighted by atomic mass is 16.5. The van der Waals surface area contributed by atoms with Crippen molar-refractivity contribution in [3.8, 4) is 11.5 Å². The molecule has 1 aromatic heterocycles. The van der Waals surface area contributed by atoms with Gasteiger partial charge in [0.2, 0.25) is 5.91 Å². The highest BCUT2D eigenvalue weighted by molar-refractivity contribution is 5.97. The molecule has 0 radical (unpaired) electrons. The molecule has 1 fully saturated rings. The number of ether oxygens (including phenoxy) is 2. The SMILES string of the molecule is COc1ccccc1N1C[C@H](c2nc3ccccc3n2CCOc2ccccc2)CC1=O. The van der Waals surface area contributed by atoms with Crippen molar-refractivity contribution in [1.82, 2.24) is 9.55 Å². The highest BCUT2D eigenvalue weighted by Gasteiger charge is 2.35. The van der Waals surface area contributed by atoms with Crippen LogP contribution in [-0.4, -0.2) is 35.7 Å². The molecule has 162 valence electrons. The van der Waals surface area contributed by atoms with Crippen LogP contribution in [0.25, 0.3) is 11.0 Å². The lowest BCUT2D eigenvalue weighted by Gasteiger charge is -2.20. The van der Waals surface area contributed by atoms with Crippen molar-refractivity contribution < 1.29 is 14.3 Å². The van der Waals surface area contributed by atoms with E-state index in [0.29, 0.717) is 31.9 Å². The average molecular weight is 428 g/mol. The number of nitrogens with zero attached hydrogens (tertiary/aromatic N) is 3. The molecule has 0 aliphatic carbocycles. The molecule has 1 amide bonds. The smallest absolute Gasteiger partial charge is 0.227 e. The first-order valence-electron chi connectivity index (χ1n) is 10.8. The van der Waals surface area contributed by atoms with Gasteiger partial charge in [-0.1, -0.05) is 42.5 Å². The van der Waals surface area contributed by atoms with Gasteiger partial charge in [0.25, 0.3) is 0 Å². The van der Waals surface area contributed by atoms with Gasteiger partial charge in [-0.3, -0.25) is 4.79 Å². The van der Waals surface area contributed by atoms with Crippen LogP contribution in [0.3, 0.4) is 0 Å². The summed E-state index contributed by atoms with van der Waals surface area (Å²) in [5.41, 5.74) is 2.80. The molecule has 1 aliphatic heterocycles. The van der Waals surface area contributed by atoms with E-state index in [1.165, 1.54) is 0 Å². The molecule has 0 bridgehead atoms. The molecular weight excluding hydrogens is 402 g/mol. The van der Waals surface area contributed by atoms with E-state index < -0.39 is 0 Å². The van der Waals surface area contributed by atoms with Crippen molar-refractivity contribution >= 4 is 22.6 Å². The van der Waals surface area contributed by atoms with Gasteiger partial charge in [-0.15, -0.1) is 0 Å². The monoisotopic (exact) mass is 427 g/mol. The Morgan fingerprint density at radius 1 is 0.969 bits per heavy atom. The minimum atomic E-state index is -0.00321. The van der Waals surface area contributed by atoms with Gasteiger partial charge in [0.15, 0.2) is 0 Å². The predicted molar refractivity (Wildman–Crippen MR) is 124 cm³/mol. The Morgan fingerprint density at radius 3 is 2.56 bits per heavy atom. The summed E-state index contributed by atoms with van der Waals surface area (Å²) >= 11 is 0. The summed E-state index contributed by atoms with van der Waals surface area (Å²) in [5, 5.41) is 0. The van der Waals surface area contributed by atoms with Crippen LogP contribution >= 0.6 is 0 Å². The largest absolute Gasteiger partial charge is 0.495 e. The van der Waals surface area contributed by atoms with Crippen LogP contribution in [0.1, 0.15) is 18.2 Å². The maximum atomic E-state index is 13.0. The number of rotatable bonds is 7. The molecule has 1 aliphatic rings. The van der Waals surface area contributed by atoms with E-state index in [2.05, 4.69) is 10.6 Å². The van der Waals surface area contributed by atoms with Crippen LogP contribution in [0.15, 0.2) is 78.9 Å². The second kappa shape index (κ2) is 8.75. The van der Waals surface area contributed by atoms with Gasteiger partial charge in [-0.05, 0) is 36.4 Å². The topological polar surface area (TPSA) is 56.6 Å². The molecule has 0 saturated carbocycles. The van der Waals surface area contributed by atoms with Crippen molar-refractivity contribution in [1.29, 1.82) is 0 Å². The van der Waals surface area contributed by atoms with Gasteiger partial charge in [-0.25, -0.2) is 4.98 Å². The summed E-state index contributed by atoms with van der Waals surface area (Å²) in [4.78, 5) is 19.7. The van der Waals surface area contributed by atoms with Gasteiger partial charge < -0.3 is 18.9 Å². The Labute approximate surface area is 187 Å². The fourth-order valence-corrected chi connectivity index (χ4v) is 4.38. The van der Waals surface area contributed by atoms with Crippen LogP contribution in [0.2, 0.25) is 0 Å². The molecule has 6 nitrogen and oxygen atoms in total. The molecule has 32 heavy (non-hydrogen) atoms. The number of anilines is 1. The fraction of sp³-hybridized carbons (Fsp3) is 0.231. The van der Waals surface area contributed by atoms with Crippen LogP contribution in [0, 0.1) is 0 Å². The molecular formula is C26H25N3O3. The zero-order chi connectivity index (χ0) is 21.9. The Hall–Kier alpha value is -3.80. The second-order valence-corrected chi connectivity index (χ2v) is 7.85. The van der Waals surface area contributed by atoms with Crippen molar-refractivity contribution in [2.45, 2.75) is 18.9 Å². The number of carbonyl (C=O) groups is 1. The van der Waals surface area contributed by atoms with E-state index in [9.17, 15) is 4.79 Å². The Morgan fingerprint density at radius 2 is 1.72 bits per heavy atom. The third-order valence-corrected chi connectivity index (χ3v) is 5.88. The number of hydrogen-bond donors (Lipinski definition) is 0. The lowest BCUT2D eigenvalue weighted by Crippen LogP contribution is -2.25. The van der Waals surface area contributed by atoms with Crippen LogP contribution < -0.4 is 14.4 Å². The fourth-order valence-electron chi connectivity index (χ4n) is 4.38.